The number of aliphatic hydroxyl groups excluding tert-OH is 1. The molecule has 1 saturated heterocycles. The van der Waals surface area contributed by atoms with Crippen LogP contribution in [-0.4, -0.2) is 98.5 Å². The second-order valence-corrected chi connectivity index (χ2v) is 7.64. The van der Waals surface area contributed by atoms with Crippen LogP contribution in [0.4, 0.5) is 0 Å². The lowest BCUT2D eigenvalue weighted by atomic mass is 9.83. The number of nitrogens with one attached hydrogen (secondary N) is 1. The van der Waals surface area contributed by atoms with E-state index in [1.807, 2.05) is 6.92 Å². The first-order chi connectivity index (χ1) is 13.3. The minimum atomic E-state index is -1.06. The fourth-order valence-corrected chi connectivity index (χ4v) is 4.03. The standard InChI is InChI=1S/C18H37N5O5/c1-4-22-9-10-5-6-11(20)18(27-10)28-17-12(21)7-13(26-3)15(16(17)25)23(2)14(24)8-19/h10-13,15-18,22,25H,4-9,19-21H2,1-3H3/t10-,11+,12-,13-,15+,16+,17+,18+/m0/s1. The van der Waals surface area contributed by atoms with E-state index in [9.17, 15) is 9.90 Å². The lowest BCUT2D eigenvalue weighted by molar-refractivity contribution is -0.254. The summed E-state index contributed by atoms with van der Waals surface area (Å²) in [6, 6.07) is -1.41. The lowest BCUT2D eigenvalue weighted by Crippen LogP contribution is -2.67. The van der Waals surface area contributed by atoms with E-state index in [1.165, 1.54) is 12.0 Å². The third kappa shape index (κ3) is 5.39. The van der Waals surface area contributed by atoms with Crippen molar-refractivity contribution in [3.8, 4) is 0 Å². The van der Waals surface area contributed by atoms with Gasteiger partial charge in [0, 0.05) is 26.7 Å². The van der Waals surface area contributed by atoms with Gasteiger partial charge in [-0.15, -0.1) is 0 Å². The highest BCUT2D eigenvalue weighted by Gasteiger charge is 2.48. The monoisotopic (exact) mass is 403 g/mol. The molecule has 1 aliphatic carbocycles. The first-order valence-corrected chi connectivity index (χ1v) is 10.0. The predicted molar refractivity (Wildman–Crippen MR) is 104 cm³/mol. The van der Waals surface area contributed by atoms with E-state index in [-0.39, 0.29) is 24.6 Å². The number of amides is 1. The highest BCUT2D eigenvalue weighted by Crippen LogP contribution is 2.30. The zero-order valence-corrected chi connectivity index (χ0v) is 17.1. The zero-order chi connectivity index (χ0) is 20.8. The molecule has 1 saturated carbocycles. The van der Waals surface area contributed by atoms with Crippen LogP contribution in [0.1, 0.15) is 26.2 Å². The van der Waals surface area contributed by atoms with Gasteiger partial charge >= 0.3 is 0 Å². The van der Waals surface area contributed by atoms with Gasteiger partial charge in [0.1, 0.15) is 12.2 Å². The molecule has 0 aromatic heterocycles. The summed E-state index contributed by atoms with van der Waals surface area (Å²) < 4.78 is 17.6. The van der Waals surface area contributed by atoms with Crippen molar-refractivity contribution in [2.24, 2.45) is 17.2 Å². The van der Waals surface area contributed by atoms with Gasteiger partial charge in [-0.05, 0) is 25.8 Å². The Morgan fingerprint density at radius 1 is 1.32 bits per heavy atom. The number of nitrogens with two attached hydrogens (primary N) is 3. The van der Waals surface area contributed by atoms with E-state index in [2.05, 4.69) is 5.32 Å². The molecule has 0 radical (unpaired) electrons. The molecule has 2 rings (SSSR count). The molecule has 8 atom stereocenters. The summed E-state index contributed by atoms with van der Waals surface area (Å²) >= 11 is 0. The lowest BCUT2D eigenvalue weighted by Gasteiger charge is -2.48. The quantitative estimate of drug-likeness (QED) is 0.301. The SMILES string of the molecule is CCNC[C@@H]1CC[C@@H](N)[C@@H](O[C@H]2[C@H](O)[C@H](N(C)C(=O)CN)[C@@H](OC)C[C@@H]2N)O1. The summed E-state index contributed by atoms with van der Waals surface area (Å²) in [5.74, 6) is -0.295. The molecular formula is C18H37N5O5. The second kappa shape index (κ2) is 10.8. The molecule has 8 N–H and O–H groups in total. The molecule has 164 valence electrons. The Balaban J connectivity index is 2.11. The normalized spacial score (nSPS) is 39.0. The maximum atomic E-state index is 12.1. The maximum absolute atomic E-state index is 12.1. The number of rotatable bonds is 8. The van der Waals surface area contributed by atoms with Crippen LogP contribution in [0.2, 0.25) is 0 Å². The van der Waals surface area contributed by atoms with Crippen LogP contribution in [0.15, 0.2) is 0 Å². The zero-order valence-electron chi connectivity index (χ0n) is 17.1. The van der Waals surface area contributed by atoms with Gasteiger partial charge in [0.25, 0.3) is 0 Å². The van der Waals surface area contributed by atoms with E-state index in [0.29, 0.717) is 13.0 Å². The fourth-order valence-electron chi connectivity index (χ4n) is 4.03. The number of hydrogen-bond acceptors (Lipinski definition) is 9. The van der Waals surface area contributed by atoms with Gasteiger partial charge in [-0.3, -0.25) is 4.79 Å². The van der Waals surface area contributed by atoms with Crippen LogP contribution >= 0.6 is 0 Å². The van der Waals surface area contributed by atoms with Crippen LogP contribution < -0.4 is 22.5 Å². The van der Waals surface area contributed by atoms with Crippen molar-refractivity contribution in [3.63, 3.8) is 0 Å². The van der Waals surface area contributed by atoms with E-state index in [1.54, 1.807) is 7.05 Å². The maximum Gasteiger partial charge on any atom is 0.236 e. The summed E-state index contributed by atoms with van der Waals surface area (Å²) in [6.45, 7) is 3.44. The fraction of sp³-hybridized carbons (Fsp3) is 0.944. The number of hydrogen-bond donors (Lipinski definition) is 5. The van der Waals surface area contributed by atoms with Crippen LogP contribution in [0, 0.1) is 0 Å². The van der Waals surface area contributed by atoms with Crippen molar-refractivity contribution in [2.75, 3.05) is 33.8 Å². The van der Waals surface area contributed by atoms with Gasteiger partial charge in [0.2, 0.25) is 5.91 Å². The molecule has 2 fully saturated rings. The molecule has 10 heteroatoms. The molecule has 2 aliphatic rings. The highest BCUT2D eigenvalue weighted by molar-refractivity contribution is 5.78. The average Bonchev–Trinajstić information content (AvgIpc) is 2.69. The number of methoxy groups -OCH3 is 1. The van der Waals surface area contributed by atoms with E-state index in [0.717, 1.165) is 19.4 Å². The molecule has 0 aromatic rings. The first kappa shape index (κ1) is 23.4. The molecular weight excluding hydrogens is 366 g/mol. The van der Waals surface area contributed by atoms with Crippen molar-refractivity contribution >= 4 is 5.91 Å². The van der Waals surface area contributed by atoms with Gasteiger partial charge in [0.05, 0.1) is 30.8 Å². The number of ether oxygens (including phenoxy) is 3. The Hall–Kier alpha value is -0.850. The van der Waals surface area contributed by atoms with Crippen molar-refractivity contribution in [1.82, 2.24) is 10.2 Å². The molecule has 0 aromatic carbocycles. The Kier molecular flexibility index (Phi) is 9.03. The Morgan fingerprint density at radius 3 is 2.64 bits per heavy atom. The summed E-state index contributed by atoms with van der Waals surface area (Å²) in [4.78, 5) is 13.5. The third-order valence-electron chi connectivity index (χ3n) is 5.72. The summed E-state index contributed by atoms with van der Waals surface area (Å²) in [7, 11) is 3.13. The molecule has 1 amide bonds. The Bertz CT molecular complexity index is 497. The van der Waals surface area contributed by atoms with Crippen LogP contribution in [0.5, 0.6) is 0 Å². The Labute approximate surface area is 167 Å². The van der Waals surface area contributed by atoms with Crippen molar-refractivity contribution < 1.29 is 24.1 Å². The van der Waals surface area contributed by atoms with Crippen molar-refractivity contribution in [2.45, 2.75) is 75.0 Å². The number of likely N-dealkylation sites (N-methyl/N-ethyl adjacent to an activating group) is 2. The number of aliphatic hydroxyl groups is 1. The van der Waals surface area contributed by atoms with Crippen LogP contribution in [0.3, 0.4) is 0 Å². The number of nitrogens with zero attached hydrogens (tertiary/aromatic N) is 1. The van der Waals surface area contributed by atoms with Gasteiger partial charge in [-0.1, -0.05) is 6.92 Å². The number of carbonyl (C=O) groups is 1. The molecule has 1 aliphatic heterocycles. The molecule has 1 heterocycles. The summed E-state index contributed by atoms with van der Waals surface area (Å²) in [5.41, 5.74) is 18.0. The molecule has 10 nitrogen and oxygen atoms in total. The molecule has 0 unspecified atom stereocenters. The van der Waals surface area contributed by atoms with E-state index < -0.39 is 36.7 Å². The highest BCUT2D eigenvalue weighted by atomic mass is 16.7. The molecule has 0 bridgehead atoms. The largest absolute Gasteiger partial charge is 0.388 e. The van der Waals surface area contributed by atoms with Crippen LogP contribution in [-0.2, 0) is 19.0 Å². The smallest absolute Gasteiger partial charge is 0.236 e. The minimum Gasteiger partial charge on any atom is -0.388 e. The second-order valence-electron chi connectivity index (χ2n) is 7.64. The van der Waals surface area contributed by atoms with Gasteiger partial charge in [-0.2, -0.15) is 0 Å². The minimum absolute atomic E-state index is 0.00859. The number of carbonyl (C=O) groups excluding carboxylic acids is 1. The van der Waals surface area contributed by atoms with Crippen molar-refractivity contribution in [1.29, 1.82) is 0 Å². The van der Waals surface area contributed by atoms with Gasteiger partial charge in [-0.25, -0.2) is 0 Å². The predicted octanol–water partition coefficient (Wildman–Crippen LogP) is -2.29. The van der Waals surface area contributed by atoms with Crippen molar-refractivity contribution in [3.05, 3.63) is 0 Å². The topological polar surface area (TPSA) is 158 Å². The van der Waals surface area contributed by atoms with Crippen LogP contribution in [0.25, 0.3) is 0 Å². The van der Waals surface area contributed by atoms with Gasteiger partial charge < -0.3 is 46.7 Å². The molecule has 28 heavy (non-hydrogen) atoms. The first-order valence-electron chi connectivity index (χ1n) is 10.0. The third-order valence-corrected chi connectivity index (χ3v) is 5.72. The Morgan fingerprint density at radius 2 is 2.04 bits per heavy atom. The van der Waals surface area contributed by atoms with Gasteiger partial charge in [0.15, 0.2) is 6.29 Å². The van der Waals surface area contributed by atoms with E-state index in [4.69, 9.17) is 31.4 Å². The summed E-state index contributed by atoms with van der Waals surface area (Å²) in [6.07, 6.45) is -0.869. The average molecular weight is 404 g/mol. The van der Waals surface area contributed by atoms with E-state index >= 15 is 0 Å². The summed E-state index contributed by atoms with van der Waals surface area (Å²) in [5, 5.41) is 14.3. The molecule has 0 spiro atoms.